The summed E-state index contributed by atoms with van der Waals surface area (Å²) in [6.45, 7) is 5.19. The highest BCUT2D eigenvalue weighted by Gasteiger charge is 2.28. The first kappa shape index (κ1) is 23.9. The van der Waals surface area contributed by atoms with Crippen LogP contribution in [0.2, 0.25) is 0 Å². The zero-order valence-corrected chi connectivity index (χ0v) is 18.7. The lowest BCUT2D eigenvalue weighted by molar-refractivity contribution is 0.0634. The van der Waals surface area contributed by atoms with E-state index in [9.17, 15) is 4.79 Å². The summed E-state index contributed by atoms with van der Waals surface area (Å²) in [7, 11) is 0. The quantitative estimate of drug-likeness (QED) is 0.640. The molecule has 0 spiro atoms. The fourth-order valence-electron chi connectivity index (χ4n) is 3.72. The van der Waals surface area contributed by atoms with Gasteiger partial charge in [0.15, 0.2) is 0 Å². The second kappa shape index (κ2) is 11.2. The largest absolute Gasteiger partial charge is 0.329 e. The fourth-order valence-corrected chi connectivity index (χ4v) is 3.72. The third-order valence-electron chi connectivity index (χ3n) is 5.38. The van der Waals surface area contributed by atoms with Crippen LogP contribution in [0.3, 0.4) is 0 Å². The van der Waals surface area contributed by atoms with Gasteiger partial charge in [-0.15, -0.1) is 24.8 Å². The average molecular weight is 447 g/mol. The third-order valence-corrected chi connectivity index (χ3v) is 5.38. The predicted octanol–water partition coefficient (Wildman–Crippen LogP) is 4.12. The number of nitrogens with one attached hydrogen (secondary N) is 1. The summed E-state index contributed by atoms with van der Waals surface area (Å²) in [5, 5.41) is 7.66. The topological polar surface area (TPSA) is 50.2 Å². The molecular weight excluding hydrogens is 419 g/mol. The van der Waals surface area contributed by atoms with Gasteiger partial charge in [0.2, 0.25) is 0 Å². The maximum absolute atomic E-state index is 13.2. The summed E-state index contributed by atoms with van der Waals surface area (Å²) < 4.78 is 1.88. The van der Waals surface area contributed by atoms with E-state index < -0.39 is 0 Å². The van der Waals surface area contributed by atoms with Gasteiger partial charge in [0.1, 0.15) is 0 Å². The molecule has 1 fully saturated rings. The number of carbonyl (C=O) groups is 1. The Morgan fingerprint density at radius 3 is 2.40 bits per heavy atom. The molecule has 7 heteroatoms. The Hall–Kier alpha value is -2.34. The zero-order chi connectivity index (χ0) is 19.3. The Labute approximate surface area is 190 Å². The van der Waals surface area contributed by atoms with Crippen LogP contribution < -0.4 is 5.32 Å². The van der Waals surface area contributed by atoms with Crippen molar-refractivity contribution in [3.05, 3.63) is 89.2 Å². The second-order valence-electron chi connectivity index (χ2n) is 7.21. The molecule has 0 bridgehead atoms. The first-order valence-corrected chi connectivity index (χ1v) is 9.91. The molecular formula is C23H28Cl2N4O. The molecule has 4 rings (SSSR count). The minimum Gasteiger partial charge on any atom is -0.329 e. The number of aryl methyl sites for hydroxylation is 1. The molecule has 1 amide bonds. The van der Waals surface area contributed by atoms with Gasteiger partial charge in [-0.3, -0.25) is 9.48 Å². The summed E-state index contributed by atoms with van der Waals surface area (Å²) >= 11 is 0. The van der Waals surface area contributed by atoms with Gasteiger partial charge in [0, 0.05) is 37.6 Å². The summed E-state index contributed by atoms with van der Waals surface area (Å²) in [5.74, 6) is 0.0942. The number of halogens is 2. The van der Waals surface area contributed by atoms with Crippen LogP contribution in [-0.4, -0.2) is 40.2 Å². The van der Waals surface area contributed by atoms with Crippen molar-refractivity contribution in [1.82, 2.24) is 20.0 Å². The molecule has 1 aliphatic rings. The molecule has 3 aromatic rings. The van der Waals surface area contributed by atoms with E-state index >= 15 is 0 Å². The normalized spacial score (nSPS) is 15.8. The number of hydrogen-bond donors (Lipinski definition) is 1. The van der Waals surface area contributed by atoms with Gasteiger partial charge < -0.3 is 10.2 Å². The number of benzene rings is 2. The zero-order valence-electron chi connectivity index (χ0n) is 17.0. The SMILES string of the molecule is CCc1ccc(C2CNCCN2C(=O)c2ccc(Cn3cccn3)cc2)cc1.Cl.Cl. The maximum Gasteiger partial charge on any atom is 0.254 e. The van der Waals surface area contributed by atoms with Crippen LogP contribution >= 0.6 is 24.8 Å². The van der Waals surface area contributed by atoms with Gasteiger partial charge in [-0.05, 0) is 41.3 Å². The molecule has 5 nitrogen and oxygen atoms in total. The predicted molar refractivity (Wildman–Crippen MR) is 125 cm³/mol. The molecule has 0 saturated carbocycles. The first-order valence-electron chi connectivity index (χ1n) is 9.91. The van der Waals surface area contributed by atoms with Crippen molar-refractivity contribution >= 4 is 30.7 Å². The molecule has 1 aliphatic heterocycles. The molecule has 30 heavy (non-hydrogen) atoms. The van der Waals surface area contributed by atoms with Crippen molar-refractivity contribution in [2.75, 3.05) is 19.6 Å². The van der Waals surface area contributed by atoms with E-state index in [1.54, 1.807) is 6.20 Å². The Bertz CT molecular complexity index is 911. The van der Waals surface area contributed by atoms with Crippen molar-refractivity contribution in [1.29, 1.82) is 0 Å². The highest BCUT2D eigenvalue weighted by atomic mass is 35.5. The van der Waals surface area contributed by atoms with Crippen LogP contribution in [0.1, 0.15) is 40.0 Å². The van der Waals surface area contributed by atoms with Crippen molar-refractivity contribution in [2.24, 2.45) is 0 Å². The molecule has 1 N–H and O–H groups in total. The number of rotatable bonds is 5. The monoisotopic (exact) mass is 446 g/mol. The maximum atomic E-state index is 13.2. The standard InChI is InChI=1S/C23H26N4O.2ClH/c1-2-18-4-8-20(9-5-18)22-16-24-13-15-27(22)23(28)21-10-6-19(7-11-21)17-26-14-3-12-25-26;;/h3-12,14,22,24H,2,13,15-17H2,1H3;2*1H. The van der Waals surface area contributed by atoms with Crippen LogP contribution in [0.15, 0.2) is 67.0 Å². The lowest BCUT2D eigenvalue weighted by atomic mass is 9.99. The summed E-state index contributed by atoms with van der Waals surface area (Å²) in [6.07, 6.45) is 4.74. The van der Waals surface area contributed by atoms with Crippen LogP contribution in [0.25, 0.3) is 0 Å². The minimum absolute atomic E-state index is 0. The Kier molecular flexibility index (Phi) is 8.90. The van der Waals surface area contributed by atoms with E-state index in [2.05, 4.69) is 41.6 Å². The van der Waals surface area contributed by atoms with Crippen molar-refractivity contribution < 1.29 is 4.79 Å². The van der Waals surface area contributed by atoms with Crippen LogP contribution in [-0.2, 0) is 13.0 Å². The highest BCUT2D eigenvalue weighted by molar-refractivity contribution is 5.94. The Morgan fingerprint density at radius 1 is 1.07 bits per heavy atom. The minimum atomic E-state index is 0. The number of aromatic nitrogens is 2. The first-order chi connectivity index (χ1) is 13.7. The fraction of sp³-hybridized carbons (Fsp3) is 0.304. The lowest BCUT2D eigenvalue weighted by Gasteiger charge is -2.36. The van der Waals surface area contributed by atoms with Crippen molar-refractivity contribution in [3.63, 3.8) is 0 Å². The number of carbonyl (C=O) groups excluding carboxylic acids is 1. The van der Waals surface area contributed by atoms with Crippen LogP contribution in [0.5, 0.6) is 0 Å². The van der Waals surface area contributed by atoms with Crippen LogP contribution in [0, 0.1) is 0 Å². The van der Waals surface area contributed by atoms with E-state index in [0.29, 0.717) is 13.1 Å². The molecule has 160 valence electrons. The van der Waals surface area contributed by atoms with Crippen LogP contribution in [0.4, 0.5) is 0 Å². The van der Waals surface area contributed by atoms with Gasteiger partial charge in [0.05, 0.1) is 12.6 Å². The molecule has 0 radical (unpaired) electrons. The van der Waals surface area contributed by atoms with Crippen molar-refractivity contribution in [3.8, 4) is 0 Å². The summed E-state index contributed by atoms with van der Waals surface area (Å²) in [6, 6.07) is 18.5. The second-order valence-corrected chi connectivity index (χ2v) is 7.21. The Balaban J connectivity index is 0.00000160. The van der Waals surface area contributed by atoms with Crippen molar-refractivity contribution in [2.45, 2.75) is 25.9 Å². The molecule has 2 aromatic carbocycles. The molecule has 1 saturated heterocycles. The smallest absolute Gasteiger partial charge is 0.254 e. The highest BCUT2D eigenvalue weighted by Crippen LogP contribution is 2.25. The summed E-state index contributed by atoms with van der Waals surface area (Å²) in [5.41, 5.74) is 4.37. The molecule has 2 heterocycles. The number of piperazine rings is 1. The average Bonchev–Trinajstić information content (AvgIpc) is 3.27. The lowest BCUT2D eigenvalue weighted by Crippen LogP contribution is -2.48. The number of amides is 1. The van der Waals surface area contributed by atoms with Gasteiger partial charge in [-0.25, -0.2) is 0 Å². The van der Waals surface area contributed by atoms with E-state index in [1.165, 1.54) is 11.1 Å². The summed E-state index contributed by atoms with van der Waals surface area (Å²) in [4.78, 5) is 15.2. The van der Waals surface area contributed by atoms with E-state index in [-0.39, 0.29) is 36.8 Å². The third kappa shape index (κ3) is 5.42. The van der Waals surface area contributed by atoms with Gasteiger partial charge in [0.25, 0.3) is 5.91 Å². The van der Waals surface area contributed by atoms with Gasteiger partial charge in [-0.1, -0.05) is 43.3 Å². The molecule has 1 unspecified atom stereocenters. The Morgan fingerprint density at radius 2 is 1.77 bits per heavy atom. The molecule has 0 aliphatic carbocycles. The van der Waals surface area contributed by atoms with E-state index in [4.69, 9.17) is 0 Å². The van der Waals surface area contributed by atoms with Gasteiger partial charge >= 0.3 is 0 Å². The molecule has 1 atom stereocenters. The van der Waals surface area contributed by atoms with E-state index in [1.807, 2.05) is 46.1 Å². The van der Waals surface area contributed by atoms with E-state index in [0.717, 1.165) is 30.6 Å². The van der Waals surface area contributed by atoms with Gasteiger partial charge in [-0.2, -0.15) is 5.10 Å². The number of nitrogens with zero attached hydrogens (tertiary/aromatic N) is 3. The number of hydrogen-bond acceptors (Lipinski definition) is 3. The molecule has 1 aromatic heterocycles.